The van der Waals surface area contributed by atoms with Crippen LogP contribution in [0.25, 0.3) is 0 Å². The van der Waals surface area contributed by atoms with E-state index in [0.29, 0.717) is 17.7 Å². The molecule has 0 spiro atoms. The first-order valence-corrected chi connectivity index (χ1v) is 9.95. The maximum absolute atomic E-state index is 13.8. The molecule has 2 aromatic rings. The van der Waals surface area contributed by atoms with Crippen molar-refractivity contribution in [3.63, 3.8) is 0 Å². The molecule has 0 bridgehead atoms. The van der Waals surface area contributed by atoms with Crippen molar-refractivity contribution in [1.29, 1.82) is 0 Å². The molecule has 3 rings (SSSR count). The van der Waals surface area contributed by atoms with Crippen LogP contribution in [0.1, 0.15) is 61.9 Å². The number of fused-ring (bicyclic) bond motifs is 1. The molecule has 1 aromatic heterocycles. The lowest BCUT2D eigenvalue weighted by atomic mass is 10.0. The van der Waals surface area contributed by atoms with Crippen molar-refractivity contribution < 1.29 is 27.4 Å². The quantitative estimate of drug-likeness (QED) is 0.658. The first-order chi connectivity index (χ1) is 14.4. The number of aromatic nitrogens is 2. The molecule has 0 N–H and O–H groups in total. The molecule has 0 radical (unpaired) electrons. The maximum Gasteiger partial charge on any atom is 0.422 e. The zero-order valence-electron chi connectivity index (χ0n) is 17.9. The zero-order chi connectivity index (χ0) is 23.0. The van der Waals surface area contributed by atoms with Gasteiger partial charge in [-0.1, -0.05) is 12.1 Å². The van der Waals surface area contributed by atoms with E-state index in [9.17, 15) is 22.8 Å². The van der Waals surface area contributed by atoms with E-state index < -0.39 is 34.8 Å². The topological polar surface area (TPSA) is 70.4 Å². The summed E-state index contributed by atoms with van der Waals surface area (Å²) in [6.45, 7) is 5.04. The van der Waals surface area contributed by atoms with E-state index in [1.807, 2.05) is 0 Å². The van der Waals surface area contributed by atoms with Gasteiger partial charge in [0.2, 0.25) is 0 Å². The minimum atomic E-state index is -4.81. The molecule has 0 saturated heterocycles. The number of hydrogen-bond donors (Lipinski definition) is 0. The lowest BCUT2D eigenvalue weighted by molar-refractivity contribution is -0.155. The molecule has 1 unspecified atom stereocenters. The molecule has 168 valence electrons. The number of hydrogen-bond acceptors (Lipinski definition) is 5. The lowest BCUT2D eigenvalue weighted by Gasteiger charge is -2.21. The van der Waals surface area contributed by atoms with Crippen LogP contribution in [0.3, 0.4) is 0 Å². The molecule has 0 aliphatic heterocycles. The Balaban J connectivity index is 1.99. The third kappa shape index (κ3) is 5.26. The highest BCUT2D eigenvalue weighted by atomic mass is 19.4. The van der Waals surface area contributed by atoms with Crippen LogP contribution >= 0.6 is 0 Å². The van der Waals surface area contributed by atoms with Gasteiger partial charge in [-0.25, -0.2) is 4.68 Å². The van der Waals surface area contributed by atoms with Gasteiger partial charge in [0.15, 0.2) is 0 Å². The Labute approximate surface area is 178 Å². The average Bonchev–Trinajstić information content (AvgIpc) is 3.02. The van der Waals surface area contributed by atoms with E-state index in [0.717, 1.165) is 4.68 Å². The molecule has 9 heteroatoms. The Morgan fingerprint density at radius 2 is 1.84 bits per heavy atom. The van der Waals surface area contributed by atoms with Crippen LogP contribution in [0.2, 0.25) is 0 Å². The largest absolute Gasteiger partial charge is 0.497 e. The maximum atomic E-state index is 13.8. The van der Waals surface area contributed by atoms with E-state index in [2.05, 4.69) is 5.10 Å². The lowest BCUT2D eigenvalue weighted by Crippen LogP contribution is -2.33. The van der Waals surface area contributed by atoms with E-state index in [4.69, 9.17) is 9.47 Å². The number of benzene rings is 1. The van der Waals surface area contributed by atoms with Crippen LogP contribution in [-0.4, -0.2) is 28.5 Å². The minimum Gasteiger partial charge on any atom is -0.497 e. The number of esters is 1. The Kier molecular flexibility index (Phi) is 6.16. The van der Waals surface area contributed by atoms with Gasteiger partial charge in [-0.3, -0.25) is 9.59 Å². The number of methoxy groups -OCH3 is 1. The van der Waals surface area contributed by atoms with Gasteiger partial charge in [-0.15, -0.1) is 0 Å². The third-order valence-corrected chi connectivity index (χ3v) is 5.03. The molecule has 1 heterocycles. The smallest absolute Gasteiger partial charge is 0.422 e. The van der Waals surface area contributed by atoms with Gasteiger partial charge in [-0.05, 0) is 56.9 Å². The van der Waals surface area contributed by atoms with E-state index in [1.54, 1.807) is 45.0 Å². The summed E-state index contributed by atoms with van der Waals surface area (Å²) in [5.74, 6) is -0.450. The van der Waals surface area contributed by atoms with Crippen molar-refractivity contribution in [1.82, 2.24) is 9.78 Å². The van der Waals surface area contributed by atoms with Crippen LogP contribution in [-0.2, 0) is 28.7 Å². The van der Waals surface area contributed by atoms with Gasteiger partial charge in [0, 0.05) is 5.92 Å². The predicted molar refractivity (Wildman–Crippen MR) is 107 cm³/mol. The van der Waals surface area contributed by atoms with Crippen LogP contribution in [0.15, 0.2) is 29.1 Å². The molecule has 1 aliphatic carbocycles. The highest BCUT2D eigenvalue weighted by Crippen LogP contribution is 2.40. The van der Waals surface area contributed by atoms with E-state index >= 15 is 0 Å². The third-order valence-electron chi connectivity index (χ3n) is 5.03. The Bertz CT molecular complexity index is 1020. The molecule has 31 heavy (non-hydrogen) atoms. The van der Waals surface area contributed by atoms with Crippen LogP contribution in [0, 0.1) is 0 Å². The van der Waals surface area contributed by atoms with Gasteiger partial charge >= 0.3 is 12.1 Å². The van der Waals surface area contributed by atoms with Crippen LogP contribution in [0.5, 0.6) is 5.75 Å². The molecular formula is C22H25F3N2O4. The summed E-state index contributed by atoms with van der Waals surface area (Å²) < 4.78 is 52.6. The van der Waals surface area contributed by atoms with Crippen LogP contribution in [0.4, 0.5) is 13.2 Å². The van der Waals surface area contributed by atoms with Crippen molar-refractivity contribution in [2.75, 3.05) is 7.11 Å². The number of ether oxygens (including phenoxy) is 2. The fraction of sp³-hybridized carbons (Fsp3) is 0.500. The second-order valence-electron chi connectivity index (χ2n) is 8.57. The van der Waals surface area contributed by atoms with Gasteiger partial charge < -0.3 is 9.47 Å². The molecule has 1 atom stereocenters. The monoisotopic (exact) mass is 438 g/mol. The first-order valence-electron chi connectivity index (χ1n) is 9.95. The van der Waals surface area contributed by atoms with Crippen molar-refractivity contribution in [3.8, 4) is 5.75 Å². The summed E-state index contributed by atoms with van der Waals surface area (Å²) in [5.41, 5.74) is -2.44. The highest BCUT2D eigenvalue weighted by molar-refractivity contribution is 5.71. The first kappa shape index (κ1) is 22.8. The molecule has 6 nitrogen and oxygen atoms in total. The standard InChI is InChI=1S/C22H25F3N2O4/c1-21(2,3)31-17(28)11-14-7-10-16-18(22(23,24)25)20(29)27(26-19(14)16)12-13-5-8-15(30-4)9-6-13/h5-6,8-9,14H,7,10-12H2,1-4H3. The summed E-state index contributed by atoms with van der Waals surface area (Å²) in [5, 5.41) is 4.26. The van der Waals surface area contributed by atoms with Gasteiger partial charge in [0.25, 0.3) is 5.56 Å². The van der Waals surface area contributed by atoms with Crippen molar-refractivity contribution >= 4 is 5.97 Å². The number of alkyl halides is 3. The van der Waals surface area contributed by atoms with Gasteiger partial charge in [-0.2, -0.15) is 18.3 Å². The SMILES string of the molecule is COc1ccc(Cn2nc3c(c(C(F)(F)F)c2=O)CCC3CC(=O)OC(C)(C)C)cc1. The van der Waals surface area contributed by atoms with Crippen LogP contribution < -0.4 is 10.3 Å². The highest BCUT2D eigenvalue weighted by Gasteiger charge is 2.42. The molecule has 0 amide bonds. The molecule has 1 aromatic carbocycles. The fourth-order valence-corrected chi connectivity index (χ4v) is 3.74. The summed E-state index contributed by atoms with van der Waals surface area (Å²) in [6.07, 6.45) is -4.55. The number of halogens is 3. The molecular weight excluding hydrogens is 413 g/mol. The second kappa shape index (κ2) is 8.36. The Morgan fingerprint density at radius 1 is 1.19 bits per heavy atom. The number of nitrogens with zero attached hydrogens (tertiary/aromatic N) is 2. The van der Waals surface area contributed by atoms with E-state index in [1.165, 1.54) is 7.11 Å². The molecule has 0 fully saturated rings. The van der Waals surface area contributed by atoms with Crippen molar-refractivity contribution in [2.45, 2.75) is 64.3 Å². The Morgan fingerprint density at radius 3 is 2.39 bits per heavy atom. The number of rotatable bonds is 5. The van der Waals surface area contributed by atoms with E-state index in [-0.39, 0.29) is 30.6 Å². The summed E-state index contributed by atoms with van der Waals surface area (Å²) >= 11 is 0. The van der Waals surface area contributed by atoms with Gasteiger partial charge in [0.05, 0.1) is 25.8 Å². The van der Waals surface area contributed by atoms with Gasteiger partial charge in [0.1, 0.15) is 16.9 Å². The Hall–Kier alpha value is -2.84. The summed E-state index contributed by atoms with van der Waals surface area (Å²) in [4.78, 5) is 24.9. The van der Waals surface area contributed by atoms with Crippen molar-refractivity contribution in [3.05, 3.63) is 57.0 Å². The number of carbonyl (C=O) groups is 1. The normalized spacial score (nSPS) is 16.2. The second-order valence-corrected chi connectivity index (χ2v) is 8.57. The van der Waals surface area contributed by atoms with Crippen molar-refractivity contribution in [2.24, 2.45) is 0 Å². The average molecular weight is 438 g/mol. The zero-order valence-corrected chi connectivity index (χ0v) is 17.9. The summed E-state index contributed by atoms with van der Waals surface area (Å²) in [6, 6.07) is 6.63. The predicted octanol–water partition coefficient (Wildman–Crippen LogP) is 4.08. The number of carbonyl (C=O) groups excluding carboxylic acids is 1. The fourth-order valence-electron chi connectivity index (χ4n) is 3.74. The molecule has 1 aliphatic rings. The summed E-state index contributed by atoms with van der Waals surface area (Å²) in [7, 11) is 1.50. The minimum absolute atomic E-state index is 0.0449. The molecule has 0 saturated carbocycles.